The van der Waals surface area contributed by atoms with E-state index >= 15 is 0 Å². The minimum Gasteiger partial charge on any atom is -0.349 e. The molecule has 0 aliphatic carbocycles. The summed E-state index contributed by atoms with van der Waals surface area (Å²) in [5.41, 5.74) is 1.01. The van der Waals surface area contributed by atoms with Gasteiger partial charge in [-0.25, -0.2) is 0 Å². The summed E-state index contributed by atoms with van der Waals surface area (Å²) in [6.45, 7) is 1.17. The average Bonchev–Trinajstić information content (AvgIpc) is 2.62. The lowest BCUT2D eigenvalue weighted by Crippen LogP contribution is -2.46. The number of rotatable bonds is 3. The zero-order valence-corrected chi connectivity index (χ0v) is 16.1. The minimum atomic E-state index is -0.228. The molecule has 136 valence electrons. The molecule has 1 aliphatic heterocycles. The normalized spacial score (nSPS) is 15.0. The standard InChI is InChI=1S/C19H17Cl3N2O2/c20-13-3-1-12(2-4-13)19(26)24-9-7-15(8-10-24)23-18(25)16-6-5-14(21)11-17(16)22/h1-6,11,15H,7-10H2,(H,23,25). The summed E-state index contributed by atoms with van der Waals surface area (Å²) in [5, 5.41) is 4.39. The van der Waals surface area contributed by atoms with Gasteiger partial charge in [-0.1, -0.05) is 34.8 Å². The molecule has 1 N–H and O–H groups in total. The molecule has 3 rings (SSSR count). The van der Waals surface area contributed by atoms with Crippen molar-refractivity contribution >= 4 is 46.6 Å². The fraction of sp³-hybridized carbons (Fsp3) is 0.263. The molecule has 2 amide bonds. The summed E-state index contributed by atoms with van der Waals surface area (Å²) in [7, 11) is 0. The smallest absolute Gasteiger partial charge is 0.253 e. The van der Waals surface area contributed by atoms with Crippen molar-refractivity contribution in [2.45, 2.75) is 18.9 Å². The van der Waals surface area contributed by atoms with Crippen LogP contribution in [0.3, 0.4) is 0 Å². The van der Waals surface area contributed by atoms with Gasteiger partial charge in [0.2, 0.25) is 0 Å². The molecule has 0 unspecified atom stereocenters. The van der Waals surface area contributed by atoms with E-state index in [2.05, 4.69) is 5.32 Å². The third-order valence-corrected chi connectivity index (χ3v) is 5.18. The van der Waals surface area contributed by atoms with Crippen LogP contribution in [0.2, 0.25) is 15.1 Å². The molecule has 1 saturated heterocycles. The van der Waals surface area contributed by atoms with Gasteiger partial charge in [0.25, 0.3) is 11.8 Å². The fourth-order valence-electron chi connectivity index (χ4n) is 2.94. The van der Waals surface area contributed by atoms with Gasteiger partial charge in [-0.05, 0) is 55.3 Å². The Kier molecular flexibility index (Phi) is 6.07. The number of amides is 2. The van der Waals surface area contributed by atoms with Gasteiger partial charge in [0, 0.05) is 34.7 Å². The van der Waals surface area contributed by atoms with E-state index in [9.17, 15) is 9.59 Å². The van der Waals surface area contributed by atoms with Gasteiger partial charge >= 0.3 is 0 Å². The van der Waals surface area contributed by atoms with Gasteiger partial charge < -0.3 is 10.2 Å². The first-order valence-corrected chi connectivity index (χ1v) is 9.38. The third kappa shape index (κ3) is 4.50. The molecular weight excluding hydrogens is 395 g/mol. The molecule has 0 saturated carbocycles. The lowest BCUT2D eigenvalue weighted by atomic mass is 10.0. The van der Waals surface area contributed by atoms with Crippen molar-refractivity contribution in [1.29, 1.82) is 0 Å². The van der Waals surface area contributed by atoms with E-state index in [4.69, 9.17) is 34.8 Å². The molecule has 0 aromatic heterocycles. The number of hydrogen-bond donors (Lipinski definition) is 1. The quantitative estimate of drug-likeness (QED) is 0.797. The Hall–Kier alpha value is -1.75. The van der Waals surface area contributed by atoms with Crippen LogP contribution < -0.4 is 5.32 Å². The summed E-state index contributed by atoms with van der Waals surface area (Å²) < 4.78 is 0. The Morgan fingerprint density at radius 2 is 1.54 bits per heavy atom. The Balaban J connectivity index is 1.55. The Morgan fingerprint density at radius 1 is 0.923 bits per heavy atom. The average molecular weight is 412 g/mol. The van der Waals surface area contributed by atoms with Crippen molar-refractivity contribution in [1.82, 2.24) is 10.2 Å². The number of piperidine rings is 1. The van der Waals surface area contributed by atoms with Gasteiger partial charge in [0.05, 0.1) is 10.6 Å². The number of hydrogen-bond acceptors (Lipinski definition) is 2. The largest absolute Gasteiger partial charge is 0.349 e. The second kappa shape index (κ2) is 8.30. The minimum absolute atomic E-state index is 0.00325. The van der Waals surface area contributed by atoms with Gasteiger partial charge in [0.15, 0.2) is 0 Å². The Labute approximate surface area is 167 Å². The van der Waals surface area contributed by atoms with Crippen molar-refractivity contribution in [2.24, 2.45) is 0 Å². The van der Waals surface area contributed by atoms with Gasteiger partial charge in [-0.15, -0.1) is 0 Å². The molecule has 0 radical (unpaired) electrons. The summed E-state index contributed by atoms with van der Waals surface area (Å²) in [5.74, 6) is -0.249. The predicted molar refractivity (Wildman–Crippen MR) is 104 cm³/mol. The van der Waals surface area contributed by atoms with E-state index in [1.54, 1.807) is 47.4 Å². The first kappa shape index (κ1) is 19.0. The molecule has 1 fully saturated rings. The molecule has 0 bridgehead atoms. The number of benzene rings is 2. The highest BCUT2D eigenvalue weighted by molar-refractivity contribution is 6.36. The first-order chi connectivity index (χ1) is 12.4. The van der Waals surface area contributed by atoms with Crippen LogP contribution in [0.1, 0.15) is 33.6 Å². The van der Waals surface area contributed by atoms with Crippen molar-refractivity contribution < 1.29 is 9.59 Å². The van der Waals surface area contributed by atoms with Gasteiger partial charge in [-0.3, -0.25) is 9.59 Å². The number of nitrogens with zero attached hydrogens (tertiary/aromatic N) is 1. The third-order valence-electron chi connectivity index (χ3n) is 4.38. The molecule has 0 spiro atoms. The molecule has 1 aliphatic rings. The van der Waals surface area contributed by atoms with Crippen LogP contribution in [0.5, 0.6) is 0 Å². The van der Waals surface area contributed by atoms with Crippen molar-refractivity contribution in [3.63, 3.8) is 0 Å². The number of carbonyl (C=O) groups excluding carboxylic acids is 2. The number of nitrogens with one attached hydrogen (secondary N) is 1. The monoisotopic (exact) mass is 410 g/mol. The van der Waals surface area contributed by atoms with Crippen molar-refractivity contribution in [3.05, 3.63) is 68.7 Å². The Morgan fingerprint density at radius 3 is 2.15 bits per heavy atom. The molecule has 4 nitrogen and oxygen atoms in total. The molecule has 1 heterocycles. The maximum atomic E-state index is 12.5. The highest BCUT2D eigenvalue weighted by atomic mass is 35.5. The Bertz CT molecular complexity index is 816. The SMILES string of the molecule is O=C(NC1CCN(C(=O)c2ccc(Cl)cc2)CC1)c1ccc(Cl)cc1Cl. The van der Waals surface area contributed by atoms with Crippen LogP contribution in [0.4, 0.5) is 0 Å². The van der Waals surface area contributed by atoms with Gasteiger partial charge in [-0.2, -0.15) is 0 Å². The predicted octanol–water partition coefficient (Wildman–Crippen LogP) is 4.68. The van der Waals surface area contributed by atoms with Crippen LogP contribution in [-0.2, 0) is 0 Å². The summed E-state index contributed by atoms with van der Waals surface area (Å²) >= 11 is 17.8. The summed E-state index contributed by atoms with van der Waals surface area (Å²) in [6.07, 6.45) is 1.38. The summed E-state index contributed by atoms with van der Waals surface area (Å²) in [4.78, 5) is 26.7. The number of halogens is 3. The maximum absolute atomic E-state index is 12.5. The van der Waals surface area contributed by atoms with E-state index in [1.807, 2.05) is 0 Å². The lowest BCUT2D eigenvalue weighted by molar-refractivity contribution is 0.0698. The van der Waals surface area contributed by atoms with E-state index in [0.29, 0.717) is 52.1 Å². The van der Waals surface area contributed by atoms with Gasteiger partial charge in [0.1, 0.15) is 0 Å². The second-order valence-corrected chi connectivity index (χ2v) is 7.45. The van der Waals surface area contributed by atoms with Crippen LogP contribution in [0.25, 0.3) is 0 Å². The van der Waals surface area contributed by atoms with E-state index in [1.165, 1.54) is 0 Å². The lowest BCUT2D eigenvalue weighted by Gasteiger charge is -2.32. The van der Waals surface area contributed by atoms with Crippen molar-refractivity contribution in [2.75, 3.05) is 13.1 Å². The molecule has 2 aromatic carbocycles. The zero-order valence-electron chi connectivity index (χ0n) is 13.8. The highest BCUT2D eigenvalue weighted by Gasteiger charge is 2.25. The van der Waals surface area contributed by atoms with Crippen molar-refractivity contribution in [3.8, 4) is 0 Å². The zero-order chi connectivity index (χ0) is 18.7. The molecule has 2 aromatic rings. The van der Waals surface area contributed by atoms with Crippen LogP contribution in [0, 0.1) is 0 Å². The topological polar surface area (TPSA) is 49.4 Å². The van der Waals surface area contributed by atoms with E-state index < -0.39 is 0 Å². The molecular formula is C19H17Cl3N2O2. The van der Waals surface area contributed by atoms with E-state index in [-0.39, 0.29) is 17.9 Å². The first-order valence-electron chi connectivity index (χ1n) is 8.25. The molecule has 7 heteroatoms. The van der Waals surface area contributed by atoms with Crippen LogP contribution in [-0.4, -0.2) is 35.8 Å². The number of carbonyl (C=O) groups is 2. The summed E-state index contributed by atoms with van der Waals surface area (Å²) in [6, 6.07) is 11.7. The van der Waals surface area contributed by atoms with Crippen LogP contribution in [0.15, 0.2) is 42.5 Å². The highest BCUT2D eigenvalue weighted by Crippen LogP contribution is 2.22. The maximum Gasteiger partial charge on any atom is 0.253 e. The van der Waals surface area contributed by atoms with Crippen LogP contribution >= 0.6 is 34.8 Å². The fourth-order valence-corrected chi connectivity index (χ4v) is 3.56. The second-order valence-electron chi connectivity index (χ2n) is 6.17. The number of likely N-dealkylation sites (tertiary alicyclic amines) is 1. The van der Waals surface area contributed by atoms with E-state index in [0.717, 1.165) is 0 Å². The molecule has 0 atom stereocenters. The molecule has 26 heavy (non-hydrogen) atoms.